The van der Waals surface area contributed by atoms with Crippen LogP contribution in [0.3, 0.4) is 0 Å². The van der Waals surface area contributed by atoms with E-state index in [9.17, 15) is 4.79 Å². The van der Waals surface area contributed by atoms with Gasteiger partial charge in [0.2, 0.25) is 0 Å². The van der Waals surface area contributed by atoms with Crippen LogP contribution < -0.4 is 0 Å². The minimum Gasteiger partial charge on any atom is -0.338 e. The van der Waals surface area contributed by atoms with Crippen molar-refractivity contribution in [3.05, 3.63) is 24.0 Å². The molecule has 2 rings (SSSR count). The van der Waals surface area contributed by atoms with Gasteiger partial charge in [0.25, 0.3) is 5.91 Å². The monoisotopic (exact) mass is 253 g/mol. The number of aromatic nitrogens is 2. The van der Waals surface area contributed by atoms with Crippen LogP contribution in [0.15, 0.2) is 18.5 Å². The summed E-state index contributed by atoms with van der Waals surface area (Å²) in [5.41, 5.74) is 0.617. The number of nitrogens with zero attached hydrogens (tertiary/aromatic N) is 3. The number of likely N-dealkylation sites (tertiary alicyclic amines) is 1. The number of rotatable bonds is 3. The highest BCUT2D eigenvalue weighted by molar-refractivity contribution is 6.17. The van der Waals surface area contributed by atoms with Gasteiger partial charge in [0, 0.05) is 19.0 Å². The average molecular weight is 254 g/mol. The van der Waals surface area contributed by atoms with Gasteiger partial charge in [-0.25, -0.2) is 0 Å². The Labute approximate surface area is 106 Å². The first-order valence-electron chi connectivity index (χ1n) is 5.93. The van der Waals surface area contributed by atoms with Crippen molar-refractivity contribution in [1.82, 2.24) is 15.1 Å². The molecule has 0 N–H and O–H groups in total. The van der Waals surface area contributed by atoms with Crippen molar-refractivity contribution in [3.63, 3.8) is 0 Å². The molecule has 5 heteroatoms. The van der Waals surface area contributed by atoms with E-state index in [0.717, 1.165) is 25.9 Å². The number of carbonyl (C=O) groups is 1. The molecule has 92 valence electrons. The van der Waals surface area contributed by atoms with E-state index in [1.165, 1.54) is 12.6 Å². The normalized spacial score (nSPS) is 20.3. The topological polar surface area (TPSA) is 46.1 Å². The van der Waals surface area contributed by atoms with Crippen molar-refractivity contribution < 1.29 is 4.79 Å². The summed E-state index contributed by atoms with van der Waals surface area (Å²) in [7, 11) is 0. The third-order valence-electron chi connectivity index (χ3n) is 3.15. The Morgan fingerprint density at radius 1 is 1.53 bits per heavy atom. The molecule has 1 aromatic heterocycles. The summed E-state index contributed by atoms with van der Waals surface area (Å²) in [5, 5.41) is 7.42. The van der Waals surface area contributed by atoms with E-state index in [1.54, 1.807) is 12.3 Å². The molecule has 1 saturated heterocycles. The van der Waals surface area contributed by atoms with Crippen LogP contribution in [0.2, 0.25) is 0 Å². The summed E-state index contributed by atoms with van der Waals surface area (Å²) in [6.45, 7) is 1.65. The zero-order valence-corrected chi connectivity index (χ0v) is 10.4. The van der Waals surface area contributed by atoms with E-state index in [4.69, 9.17) is 11.6 Å². The predicted octanol–water partition coefficient (Wildman–Crippen LogP) is 1.96. The Bertz CT molecular complexity index is 369. The van der Waals surface area contributed by atoms with Crippen molar-refractivity contribution in [2.24, 2.45) is 5.92 Å². The van der Waals surface area contributed by atoms with Crippen molar-refractivity contribution in [1.29, 1.82) is 0 Å². The van der Waals surface area contributed by atoms with E-state index < -0.39 is 0 Å². The van der Waals surface area contributed by atoms with Crippen molar-refractivity contribution in [2.45, 2.75) is 19.3 Å². The average Bonchev–Trinajstić information content (AvgIpc) is 2.40. The minimum atomic E-state index is 0.0548. The molecule has 0 aliphatic carbocycles. The lowest BCUT2D eigenvalue weighted by molar-refractivity contribution is 0.0671. The Balaban J connectivity index is 2.00. The maximum Gasteiger partial charge on any atom is 0.255 e. The van der Waals surface area contributed by atoms with Gasteiger partial charge in [-0.2, -0.15) is 10.2 Å². The van der Waals surface area contributed by atoms with Crippen LogP contribution in [0.1, 0.15) is 29.6 Å². The van der Waals surface area contributed by atoms with E-state index in [-0.39, 0.29) is 5.91 Å². The molecule has 1 aliphatic rings. The molecule has 1 fully saturated rings. The molecule has 1 aromatic rings. The second kappa shape index (κ2) is 5.96. The predicted molar refractivity (Wildman–Crippen MR) is 66.0 cm³/mol. The number of halogens is 1. The number of hydrogen-bond acceptors (Lipinski definition) is 3. The summed E-state index contributed by atoms with van der Waals surface area (Å²) >= 11 is 5.76. The van der Waals surface area contributed by atoms with Gasteiger partial charge in [0.05, 0.1) is 18.0 Å². The van der Waals surface area contributed by atoms with Crippen molar-refractivity contribution in [2.75, 3.05) is 19.0 Å². The van der Waals surface area contributed by atoms with Crippen LogP contribution in [0.4, 0.5) is 0 Å². The molecule has 0 radical (unpaired) electrons. The molecule has 0 saturated carbocycles. The highest BCUT2D eigenvalue weighted by atomic mass is 35.5. The number of alkyl halides is 1. The van der Waals surface area contributed by atoms with Gasteiger partial charge in [0.15, 0.2) is 0 Å². The highest BCUT2D eigenvalue weighted by Crippen LogP contribution is 2.21. The van der Waals surface area contributed by atoms with E-state index >= 15 is 0 Å². The van der Waals surface area contributed by atoms with Gasteiger partial charge < -0.3 is 4.90 Å². The number of hydrogen-bond donors (Lipinski definition) is 0. The quantitative estimate of drug-likeness (QED) is 0.774. The van der Waals surface area contributed by atoms with Crippen LogP contribution in [0, 0.1) is 5.92 Å². The van der Waals surface area contributed by atoms with Gasteiger partial charge in [-0.15, -0.1) is 11.6 Å². The molecule has 0 bridgehead atoms. The highest BCUT2D eigenvalue weighted by Gasteiger charge is 2.24. The number of amides is 1. The molecule has 0 spiro atoms. The fraction of sp³-hybridized carbons (Fsp3) is 0.583. The van der Waals surface area contributed by atoms with Crippen molar-refractivity contribution >= 4 is 17.5 Å². The first-order valence-corrected chi connectivity index (χ1v) is 6.46. The molecule has 1 unspecified atom stereocenters. The lowest BCUT2D eigenvalue weighted by atomic mass is 9.95. The van der Waals surface area contributed by atoms with Gasteiger partial charge in [0.1, 0.15) is 0 Å². The summed E-state index contributed by atoms with van der Waals surface area (Å²) in [4.78, 5) is 14.1. The summed E-state index contributed by atoms with van der Waals surface area (Å²) in [6, 6.07) is 1.71. The Morgan fingerprint density at radius 3 is 3.12 bits per heavy atom. The SMILES string of the molecule is O=C(c1ccnnc1)N1CCCC(CCCl)C1. The Morgan fingerprint density at radius 2 is 2.41 bits per heavy atom. The lowest BCUT2D eigenvalue weighted by Gasteiger charge is -2.32. The molecular formula is C12H16ClN3O. The van der Waals surface area contributed by atoms with Gasteiger partial charge in [-0.05, 0) is 31.2 Å². The van der Waals surface area contributed by atoms with Crippen LogP contribution in [0.25, 0.3) is 0 Å². The maximum atomic E-state index is 12.2. The Kier molecular flexibility index (Phi) is 4.31. The molecule has 1 amide bonds. The third-order valence-corrected chi connectivity index (χ3v) is 3.37. The molecule has 0 aromatic carbocycles. The molecule has 1 aliphatic heterocycles. The minimum absolute atomic E-state index is 0.0548. The maximum absolute atomic E-state index is 12.2. The molecular weight excluding hydrogens is 238 g/mol. The fourth-order valence-electron chi connectivity index (χ4n) is 2.24. The van der Waals surface area contributed by atoms with Gasteiger partial charge in [-0.1, -0.05) is 0 Å². The van der Waals surface area contributed by atoms with Crippen LogP contribution in [-0.2, 0) is 0 Å². The zero-order valence-electron chi connectivity index (χ0n) is 9.68. The van der Waals surface area contributed by atoms with E-state index in [2.05, 4.69) is 10.2 Å². The summed E-state index contributed by atoms with van der Waals surface area (Å²) in [5.74, 6) is 1.27. The van der Waals surface area contributed by atoms with E-state index in [1.807, 2.05) is 4.90 Å². The van der Waals surface area contributed by atoms with Crippen LogP contribution >= 0.6 is 11.6 Å². The molecule has 4 nitrogen and oxygen atoms in total. The number of carbonyl (C=O) groups excluding carboxylic acids is 1. The van der Waals surface area contributed by atoms with Crippen molar-refractivity contribution in [3.8, 4) is 0 Å². The van der Waals surface area contributed by atoms with Gasteiger partial charge >= 0.3 is 0 Å². The second-order valence-corrected chi connectivity index (χ2v) is 4.75. The lowest BCUT2D eigenvalue weighted by Crippen LogP contribution is -2.40. The van der Waals surface area contributed by atoms with Gasteiger partial charge in [-0.3, -0.25) is 4.79 Å². The number of piperidine rings is 1. The summed E-state index contributed by atoms with van der Waals surface area (Å²) in [6.07, 6.45) is 6.29. The second-order valence-electron chi connectivity index (χ2n) is 4.37. The smallest absolute Gasteiger partial charge is 0.255 e. The largest absolute Gasteiger partial charge is 0.338 e. The Hall–Kier alpha value is -1.16. The third kappa shape index (κ3) is 3.16. The van der Waals surface area contributed by atoms with Crippen LogP contribution in [-0.4, -0.2) is 40.0 Å². The first kappa shape index (κ1) is 12.3. The first-order chi connectivity index (χ1) is 8.31. The van der Waals surface area contributed by atoms with Crippen LogP contribution in [0.5, 0.6) is 0 Å². The van der Waals surface area contributed by atoms with E-state index in [0.29, 0.717) is 17.4 Å². The zero-order chi connectivity index (χ0) is 12.1. The molecule has 17 heavy (non-hydrogen) atoms. The molecule has 1 atom stereocenters. The standard InChI is InChI=1S/C12H16ClN3O/c13-5-3-10-2-1-7-16(9-10)12(17)11-4-6-14-15-8-11/h4,6,8,10H,1-3,5,7,9H2. The fourth-order valence-corrected chi connectivity index (χ4v) is 2.55. The molecule has 2 heterocycles. The summed E-state index contributed by atoms with van der Waals surface area (Å²) < 4.78 is 0.